The van der Waals surface area contributed by atoms with E-state index in [1.807, 2.05) is 11.0 Å². The number of nitrogens with zero attached hydrogens (tertiary/aromatic N) is 1. The van der Waals surface area contributed by atoms with E-state index in [4.69, 9.17) is 0 Å². The molecule has 2 heterocycles. The Labute approximate surface area is 119 Å². The highest BCUT2D eigenvalue weighted by atomic mass is 32.2. The molecule has 0 saturated carbocycles. The molecule has 0 aromatic heterocycles. The maximum absolute atomic E-state index is 12.7. The summed E-state index contributed by atoms with van der Waals surface area (Å²) in [5.41, 5.74) is 0. The monoisotopic (exact) mass is 293 g/mol. The molecule has 5 heteroatoms. The van der Waals surface area contributed by atoms with Gasteiger partial charge in [-0.2, -0.15) is 0 Å². The van der Waals surface area contributed by atoms with Gasteiger partial charge in [0.15, 0.2) is 9.84 Å². The first-order valence-electron chi connectivity index (χ1n) is 7.08. The number of hydrogen-bond donors (Lipinski definition) is 0. The number of rotatable bonds is 2. The molecule has 1 aromatic rings. The zero-order valence-corrected chi connectivity index (χ0v) is 12.3. The van der Waals surface area contributed by atoms with Crippen molar-refractivity contribution in [1.29, 1.82) is 0 Å². The minimum absolute atomic E-state index is 0.0769. The lowest BCUT2D eigenvalue weighted by Crippen LogP contribution is -2.48. The summed E-state index contributed by atoms with van der Waals surface area (Å²) in [6.45, 7) is 1.58. The molecule has 0 spiro atoms. The number of carbonyl (C=O) groups excluding carboxylic acids is 1. The maximum Gasteiger partial charge on any atom is 0.219 e. The van der Waals surface area contributed by atoms with E-state index in [0.717, 1.165) is 12.8 Å². The number of piperidine rings is 1. The summed E-state index contributed by atoms with van der Waals surface area (Å²) in [5.74, 6) is 0.0769. The lowest BCUT2D eigenvalue weighted by molar-refractivity contribution is -0.132. The maximum atomic E-state index is 12.7. The topological polar surface area (TPSA) is 54.5 Å². The predicted molar refractivity (Wildman–Crippen MR) is 76.0 cm³/mol. The van der Waals surface area contributed by atoms with Crippen LogP contribution in [0.5, 0.6) is 0 Å². The fraction of sp³-hybridized carbons (Fsp3) is 0.533. The lowest BCUT2D eigenvalue weighted by Gasteiger charge is -2.38. The fourth-order valence-electron chi connectivity index (χ4n) is 3.70. The SMILES string of the molecule is CC(=O)N1[C@@H]2CC[C@@H]1CC(S(=O)(=O)c1ccccc1)C2. The molecule has 2 aliphatic heterocycles. The van der Waals surface area contributed by atoms with Crippen molar-refractivity contribution in [2.24, 2.45) is 0 Å². The number of amides is 1. The molecular formula is C15H19NO3S. The Balaban J connectivity index is 1.86. The average molecular weight is 293 g/mol. The van der Waals surface area contributed by atoms with Crippen LogP contribution >= 0.6 is 0 Å². The highest BCUT2D eigenvalue weighted by Crippen LogP contribution is 2.39. The van der Waals surface area contributed by atoms with Gasteiger partial charge in [0.1, 0.15) is 0 Å². The normalized spacial score (nSPS) is 29.4. The number of sulfone groups is 1. The molecule has 2 saturated heterocycles. The first-order valence-corrected chi connectivity index (χ1v) is 8.62. The van der Waals surface area contributed by atoms with Crippen LogP contribution in [-0.2, 0) is 14.6 Å². The second-order valence-corrected chi connectivity index (χ2v) is 7.99. The van der Waals surface area contributed by atoms with Crippen LogP contribution in [0.1, 0.15) is 32.6 Å². The molecule has 2 aliphatic rings. The van der Waals surface area contributed by atoms with Crippen molar-refractivity contribution in [3.63, 3.8) is 0 Å². The lowest BCUT2D eigenvalue weighted by atomic mass is 10.0. The van der Waals surface area contributed by atoms with Crippen molar-refractivity contribution < 1.29 is 13.2 Å². The van der Waals surface area contributed by atoms with E-state index in [1.165, 1.54) is 0 Å². The molecule has 4 nitrogen and oxygen atoms in total. The summed E-state index contributed by atoms with van der Waals surface area (Å²) in [6.07, 6.45) is 3.02. The van der Waals surface area contributed by atoms with E-state index >= 15 is 0 Å². The van der Waals surface area contributed by atoms with Crippen LogP contribution in [0.3, 0.4) is 0 Å². The van der Waals surface area contributed by atoms with Crippen LogP contribution < -0.4 is 0 Å². The van der Waals surface area contributed by atoms with Crippen LogP contribution in [0.4, 0.5) is 0 Å². The van der Waals surface area contributed by atoms with Crippen molar-refractivity contribution >= 4 is 15.7 Å². The van der Waals surface area contributed by atoms with E-state index in [1.54, 1.807) is 31.2 Å². The van der Waals surface area contributed by atoms with Crippen molar-refractivity contribution in [2.75, 3.05) is 0 Å². The molecule has 20 heavy (non-hydrogen) atoms. The summed E-state index contributed by atoms with van der Waals surface area (Å²) in [4.78, 5) is 14.0. The van der Waals surface area contributed by atoms with E-state index in [9.17, 15) is 13.2 Å². The molecule has 2 fully saturated rings. The number of carbonyl (C=O) groups is 1. The van der Waals surface area contributed by atoms with Gasteiger partial charge in [-0.25, -0.2) is 8.42 Å². The van der Waals surface area contributed by atoms with Crippen molar-refractivity contribution in [3.8, 4) is 0 Å². The zero-order valence-electron chi connectivity index (χ0n) is 11.5. The van der Waals surface area contributed by atoms with Gasteiger partial charge in [-0.3, -0.25) is 4.79 Å². The molecule has 1 amide bonds. The highest BCUT2D eigenvalue weighted by Gasteiger charge is 2.46. The molecule has 2 bridgehead atoms. The first kappa shape index (κ1) is 13.6. The number of fused-ring (bicyclic) bond motifs is 2. The van der Waals surface area contributed by atoms with Crippen LogP contribution in [0.15, 0.2) is 35.2 Å². The van der Waals surface area contributed by atoms with Gasteiger partial charge in [0.25, 0.3) is 0 Å². The molecule has 0 N–H and O–H groups in total. The van der Waals surface area contributed by atoms with Gasteiger partial charge in [-0.15, -0.1) is 0 Å². The molecule has 2 atom stereocenters. The van der Waals surface area contributed by atoms with Crippen LogP contribution in [0, 0.1) is 0 Å². The average Bonchev–Trinajstić information content (AvgIpc) is 2.70. The Hall–Kier alpha value is -1.36. The van der Waals surface area contributed by atoms with E-state index in [-0.39, 0.29) is 23.2 Å². The quantitative estimate of drug-likeness (QED) is 0.838. The van der Waals surface area contributed by atoms with Crippen LogP contribution in [-0.4, -0.2) is 36.6 Å². The molecule has 0 radical (unpaired) electrons. The van der Waals surface area contributed by atoms with Crippen LogP contribution in [0.2, 0.25) is 0 Å². The minimum Gasteiger partial charge on any atom is -0.337 e. The Morgan fingerprint density at radius 3 is 2.15 bits per heavy atom. The third-order valence-electron chi connectivity index (χ3n) is 4.56. The first-order chi connectivity index (χ1) is 9.50. The zero-order chi connectivity index (χ0) is 14.3. The van der Waals surface area contributed by atoms with Gasteiger partial charge in [-0.05, 0) is 37.8 Å². The summed E-state index contributed by atoms with van der Waals surface area (Å²) in [7, 11) is -3.27. The van der Waals surface area contributed by atoms with Crippen molar-refractivity contribution in [1.82, 2.24) is 4.90 Å². The molecular weight excluding hydrogens is 274 g/mol. The minimum atomic E-state index is -3.27. The van der Waals surface area contributed by atoms with Gasteiger partial charge in [0.2, 0.25) is 5.91 Å². The second kappa shape index (κ2) is 4.88. The van der Waals surface area contributed by atoms with Crippen molar-refractivity contribution in [2.45, 2.75) is 54.8 Å². The van der Waals surface area contributed by atoms with E-state index < -0.39 is 9.84 Å². The number of benzene rings is 1. The smallest absolute Gasteiger partial charge is 0.219 e. The Morgan fingerprint density at radius 2 is 1.65 bits per heavy atom. The summed E-state index contributed by atoms with van der Waals surface area (Å²) >= 11 is 0. The molecule has 1 aromatic carbocycles. The van der Waals surface area contributed by atoms with Gasteiger partial charge in [0.05, 0.1) is 10.1 Å². The number of hydrogen-bond acceptors (Lipinski definition) is 3. The fourth-order valence-corrected chi connectivity index (χ4v) is 5.57. The third-order valence-corrected chi connectivity index (χ3v) is 6.76. The molecule has 0 unspecified atom stereocenters. The highest BCUT2D eigenvalue weighted by molar-refractivity contribution is 7.92. The van der Waals surface area contributed by atoms with Crippen molar-refractivity contribution in [3.05, 3.63) is 30.3 Å². The van der Waals surface area contributed by atoms with Crippen LogP contribution in [0.25, 0.3) is 0 Å². The summed E-state index contributed by atoms with van der Waals surface area (Å²) in [5, 5.41) is -0.349. The third kappa shape index (κ3) is 2.14. The molecule has 3 rings (SSSR count). The summed E-state index contributed by atoms with van der Waals surface area (Å²) in [6, 6.07) is 8.87. The summed E-state index contributed by atoms with van der Waals surface area (Å²) < 4.78 is 25.4. The van der Waals surface area contributed by atoms with Gasteiger partial charge < -0.3 is 4.90 Å². The van der Waals surface area contributed by atoms with Gasteiger partial charge >= 0.3 is 0 Å². The Bertz CT molecular complexity index is 597. The Morgan fingerprint density at radius 1 is 1.10 bits per heavy atom. The predicted octanol–water partition coefficient (Wildman–Crippen LogP) is 2.00. The van der Waals surface area contributed by atoms with Gasteiger partial charge in [-0.1, -0.05) is 18.2 Å². The van der Waals surface area contributed by atoms with E-state index in [0.29, 0.717) is 17.7 Å². The van der Waals surface area contributed by atoms with E-state index in [2.05, 4.69) is 0 Å². The standard InChI is InChI=1S/C15H19NO3S/c1-11(17)16-12-7-8-13(16)10-15(9-12)20(18,19)14-5-3-2-4-6-14/h2-6,12-13,15H,7-10H2,1H3/t12-,13-/m1/s1. The second-order valence-electron chi connectivity index (χ2n) is 5.76. The van der Waals surface area contributed by atoms with Gasteiger partial charge in [0, 0.05) is 19.0 Å². The molecule has 0 aliphatic carbocycles. The largest absolute Gasteiger partial charge is 0.337 e. The Kier molecular flexibility index (Phi) is 3.32. The molecule has 108 valence electrons.